The molecule has 2 aromatic carbocycles. The second-order valence-corrected chi connectivity index (χ2v) is 5.95. The quantitative estimate of drug-likeness (QED) is 0.739. The zero-order valence-corrected chi connectivity index (χ0v) is 14.6. The van der Waals surface area contributed by atoms with Gasteiger partial charge in [-0.3, -0.25) is 9.48 Å². The van der Waals surface area contributed by atoms with Gasteiger partial charge >= 0.3 is 0 Å². The van der Waals surface area contributed by atoms with Gasteiger partial charge in [0.2, 0.25) is 0 Å². The van der Waals surface area contributed by atoms with Gasteiger partial charge in [-0.2, -0.15) is 5.10 Å². The van der Waals surface area contributed by atoms with Gasteiger partial charge in [0.25, 0.3) is 5.91 Å². The molecule has 134 valence electrons. The fourth-order valence-corrected chi connectivity index (χ4v) is 2.84. The number of hydrogen-bond acceptors (Lipinski definition) is 3. The molecule has 0 fully saturated rings. The number of aromatic nitrogens is 2. The van der Waals surface area contributed by atoms with Gasteiger partial charge in [0.1, 0.15) is 5.82 Å². The lowest BCUT2D eigenvalue weighted by molar-refractivity contribution is 0.0892. The van der Waals surface area contributed by atoms with E-state index in [2.05, 4.69) is 10.4 Å². The van der Waals surface area contributed by atoms with Crippen LogP contribution in [-0.4, -0.2) is 29.4 Å². The number of carbonyl (C=O) groups is 1. The van der Waals surface area contributed by atoms with Crippen LogP contribution in [0.1, 0.15) is 22.1 Å². The van der Waals surface area contributed by atoms with Crippen LogP contribution >= 0.6 is 0 Å². The molecule has 0 saturated carbocycles. The summed E-state index contributed by atoms with van der Waals surface area (Å²) in [6, 6.07) is 14.9. The zero-order chi connectivity index (χ0) is 18.5. The van der Waals surface area contributed by atoms with Crippen molar-refractivity contribution >= 4 is 5.91 Å². The van der Waals surface area contributed by atoms with E-state index in [1.54, 1.807) is 42.3 Å². The van der Waals surface area contributed by atoms with Crippen molar-refractivity contribution in [3.8, 4) is 11.1 Å². The molecule has 0 bridgehead atoms. The van der Waals surface area contributed by atoms with Crippen LogP contribution in [0.4, 0.5) is 4.39 Å². The summed E-state index contributed by atoms with van der Waals surface area (Å²) in [4.78, 5) is 12.7. The molecule has 26 heavy (non-hydrogen) atoms. The standard InChI is InChI=1S/C20H20FN3O2/c1-24-19(9-10-22-24)18(13-26-2)23-20(25)16-7-3-5-14(11-16)15-6-4-8-17(21)12-15/h3-12,18H,13H2,1-2H3,(H,23,25). The lowest BCUT2D eigenvalue weighted by Gasteiger charge is -2.18. The molecular formula is C20H20FN3O2. The molecule has 1 amide bonds. The Labute approximate surface area is 151 Å². The van der Waals surface area contributed by atoms with Crippen LogP contribution in [0.5, 0.6) is 0 Å². The SMILES string of the molecule is COCC(NC(=O)c1cccc(-c2cccc(F)c2)c1)c1ccnn1C. The third-order valence-corrected chi connectivity index (χ3v) is 4.14. The summed E-state index contributed by atoms with van der Waals surface area (Å²) in [6.45, 7) is 0.328. The highest BCUT2D eigenvalue weighted by Gasteiger charge is 2.18. The molecule has 5 nitrogen and oxygen atoms in total. The lowest BCUT2D eigenvalue weighted by atomic mass is 10.0. The Hall–Kier alpha value is -2.99. The molecule has 0 aliphatic carbocycles. The van der Waals surface area contributed by atoms with Crippen molar-refractivity contribution in [2.45, 2.75) is 6.04 Å². The van der Waals surface area contributed by atoms with Crippen LogP contribution in [0.3, 0.4) is 0 Å². The van der Waals surface area contributed by atoms with Crippen LogP contribution in [0.25, 0.3) is 11.1 Å². The topological polar surface area (TPSA) is 56.1 Å². The van der Waals surface area contributed by atoms with Gasteiger partial charge in [-0.05, 0) is 41.5 Å². The number of hydrogen-bond donors (Lipinski definition) is 1. The van der Waals surface area contributed by atoms with Crippen LogP contribution in [0.15, 0.2) is 60.8 Å². The highest BCUT2D eigenvalue weighted by molar-refractivity contribution is 5.95. The molecule has 1 unspecified atom stereocenters. The van der Waals surface area contributed by atoms with Crippen LogP contribution in [-0.2, 0) is 11.8 Å². The summed E-state index contributed by atoms with van der Waals surface area (Å²) in [5, 5.41) is 7.10. The molecule has 3 aromatic rings. The van der Waals surface area contributed by atoms with E-state index in [9.17, 15) is 9.18 Å². The largest absolute Gasteiger partial charge is 0.382 e. The Morgan fingerprint density at radius 2 is 1.92 bits per heavy atom. The maximum atomic E-state index is 13.5. The normalized spacial score (nSPS) is 12.0. The molecule has 1 atom stereocenters. The number of carbonyl (C=O) groups excluding carboxylic acids is 1. The number of nitrogens with zero attached hydrogens (tertiary/aromatic N) is 2. The van der Waals surface area contributed by atoms with E-state index in [4.69, 9.17) is 4.74 Å². The predicted octanol–water partition coefficient (Wildman–Crippen LogP) is 3.34. The van der Waals surface area contributed by atoms with Gasteiger partial charge in [-0.25, -0.2) is 4.39 Å². The Kier molecular flexibility index (Phi) is 5.43. The Morgan fingerprint density at radius 1 is 1.19 bits per heavy atom. The molecule has 0 aliphatic heterocycles. The number of nitrogens with one attached hydrogen (secondary N) is 1. The molecule has 0 spiro atoms. The third-order valence-electron chi connectivity index (χ3n) is 4.14. The van der Waals surface area contributed by atoms with Crippen molar-refractivity contribution in [3.63, 3.8) is 0 Å². The number of aryl methyl sites for hydroxylation is 1. The lowest BCUT2D eigenvalue weighted by Crippen LogP contribution is -2.32. The van der Waals surface area contributed by atoms with E-state index in [1.807, 2.05) is 25.2 Å². The molecule has 0 saturated heterocycles. The summed E-state index contributed by atoms with van der Waals surface area (Å²) in [6.07, 6.45) is 1.68. The van der Waals surface area contributed by atoms with Crippen molar-refractivity contribution in [3.05, 3.63) is 77.9 Å². The van der Waals surface area contributed by atoms with Crippen molar-refractivity contribution in [2.24, 2.45) is 7.05 Å². The fraction of sp³-hybridized carbons (Fsp3) is 0.200. The Morgan fingerprint density at radius 3 is 2.58 bits per heavy atom. The third kappa shape index (κ3) is 3.97. The van der Waals surface area contributed by atoms with Crippen LogP contribution in [0, 0.1) is 5.82 Å². The van der Waals surface area contributed by atoms with E-state index < -0.39 is 0 Å². The zero-order valence-electron chi connectivity index (χ0n) is 14.6. The molecule has 0 radical (unpaired) electrons. The highest BCUT2D eigenvalue weighted by atomic mass is 19.1. The van der Waals surface area contributed by atoms with Crippen molar-refractivity contribution in [1.82, 2.24) is 15.1 Å². The maximum Gasteiger partial charge on any atom is 0.251 e. The molecule has 3 rings (SSSR count). The van der Waals surface area contributed by atoms with Crippen molar-refractivity contribution in [2.75, 3.05) is 13.7 Å². The number of amides is 1. The molecule has 6 heteroatoms. The fourth-order valence-electron chi connectivity index (χ4n) is 2.84. The first kappa shape index (κ1) is 17.8. The summed E-state index contributed by atoms with van der Waals surface area (Å²) in [5.74, 6) is -0.541. The number of benzene rings is 2. The Balaban J connectivity index is 1.83. The average molecular weight is 353 g/mol. The van der Waals surface area contributed by atoms with Gasteiger partial charge in [0.05, 0.1) is 18.3 Å². The minimum absolute atomic E-state index is 0.230. The summed E-state index contributed by atoms with van der Waals surface area (Å²) >= 11 is 0. The van der Waals surface area contributed by atoms with Gasteiger partial charge in [-0.15, -0.1) is 0 Å². The van der Waals surface area contributed by atoms with Crippen LogP contribution in [0.2, 0.25) is 0 Å². The van der Waals surface area contributed by atoms with E-state index >= 15 is 0 Å². The molecule has 1 heterocycles. The van der Waals surface area contributed by atoms with Gasteiger partial charge < -0.3 is 10.1 Å². The molecule has 0 aliphatic rings. The highest BCUT2D eigenvalue weighted by Crippen LogP contribution is 2.22. The van der Waals surface area contributed by atoms with Gasteiger partial charge in [-0.1, -0.05) is 24.3 Å². The van der Waals surface area contributed by atoms with E-state index in [1.165, 1.54) is 12.1 Å². The Bertz CT molecular complexity index is 907. The number of rotatable bonds is 6. The first-order valence-corrected chi connectivity index (χ1v) is 8.22. The number of halogens is 1. The van der Waals surface area contributed by atoms with E-state index in [0.717, 1.165) is 16.8 Å². The predicted molar refractivity (Wildman–Crippen MR) is 97.1 cm³/mol. The van der Waals surface area contributed by atoms with Crippen molar-refractivity contribution in [1.29, 1.82) is 0 Å². The first-order chi connectivity index (χ1) is 12.6. The second-order valence-electron chi connectivity index (χ2n) is 5.95. The van der Waals surface area contributed by atoms with E-state index in [-0.39, 0.29) is 17.8 Å². The monoisotopic (exact) mass is 353 g/mol. The number of ether oxygens (including phenoxy) is 1. The maximum absolute atomic E-state index is 13.5. The minimum atomic E-state index is -0.321. The molecular weight excluding hydrogens is 333 g/mol. The molecule has 1 N–H and O–H groups in total. The summed E-state index contributed by atoms with van der Waals surface area (Å²) in [7, 11) is 3.40. The molecule has 1 aromatic heterocycles. The minimum Gasteiger partial charge on any atom is -0.382 e. The van der Waals surface area contributed by atoms with E-state index in [0.29, 0.717) is 12.2 Å². The summed E-state index contributed by atoms with van der Waals surface area (Å²) < 4.78 is 20.4. The number of methoxy groups -OCH3 is 1. The summed E-state index contributed by atoms with van der Waals surface area (Å²) in [5.41, 5.74) is 2.84. The van der Waals surface area contributed by atoms with Crippen LogP contribution < -0.4 is 5.32 Å². The average Bonchev–Trinajstić information content (AvgIpc) is 3.07. The van der Waals surface area contributed by atoms with Gasteiger partial charge in [0, 0.05) is 25.9 Å². The van der Waals surface area contributed by atoms with Gasteiger partial charge in [0.15, 0.2) is 0 Å². The first-order valence-electron chi connectivity index (χ1n) is 8.22. The van der Waals surface area contributed by atoms with Crippen molar-refractivity contribution < 1.29 is 13.9 Å². The smallest absolute Gasteiger partial charge is 0.251 e. The second kappa shape index (κ2) is 7.93.